The molecule has 0 aliphatic heterocycles. The highest BCUT2D eigenvalue weighted by Crippen LogP contribution is 2.18. The van der Waals surface area contributed by atoms with Gasteiger partial charge in [0.1, 0.15) is 5.82 Å². The molecular formula is C16H17ClFN. The minimum atomic E-state index is -0.161. The number of hydrogen-bond acceptors (Lipinski definition) is 1. The molecule has 1 nitrogen and oxygen atoms in total. The summed E-state index contributed by atoms with van der Waals surface area (Å²) in [6.45, 7) is 4.57. The zero-order valence-electron chi connectivity index (χ0n) is 11.1. The van der Waals surface area contributed by atoms with Crippen molar-refractivity contribution < 1.29 is 4.39 Å². The molecule has 0 saturated heterocycles. The summed E-state index contributed by atoms with van der Waals surface area (Å²) in [5, 5.41) is 4.15. The molecule has 0 heterocycles. The van der Waals surface area contributed by atoms with Crippen molar-refractivity contribution in [2.24, 2.45) is 0 Å². The van der Waals surface area contributed by atoms with Gasteiger partial charge in [-0.3, -0.25) is 0 Å². The second-order valence-electron chi connectivity index (χ2n) is 4.74. The smallest absolute Gasteiger partial charge is 0.126 e. The molecule has 0 amide bonds. The van der Waals surface area contributed by atoms with Gasteiger partial charge in [-0.15, -0.1) is 0 Å². The van der Waals surface area contributed by atoms with E-state index in [4.69, 9.17) is 11.6 Å². The first-order valence-electron chi connectivity index (χ1n) is 6.30. The molecule has 0 unspecified atom stereocenters. The number of nitrogens with one attached hydrogen (secondary N) is 1. The highest BCUT2D eigenvalue weighted by molar-refractivity contribution is 6.30. The molecule has 0 aromatic heterocycles. The van der Waals surface area contributed by atoms with Gasteiger partial charge in [0.05, 0.1) is 0 Å². The maximum absolute atomic E-state index is 13.2. The Hall–Kier alpha value is -1.38. The van der Waals surface area contributed by atoms with Crippen LogP contribution in [-0.2, 0) is 6.54 Å². The van der Waals surface area contributed by atoms with Gasteiger partial charge in [-0.1, -0.05) is 35.9 Å². The van der Waals surface area contributed by atoms with Crippen molar-refractivity contribution in [2.45, 2.75) is 26.4 Å². The number of aryl methyl sites for hydroxylation is 1. The first-order valence-corrected chi connectivity index (χ1v) is 6.68. The Morgan fingerprint density at radius 2 is 2.00 bits per heavy atom. The third-order valence-electron chi connectivity index (χ3n) is 3.18. The summed E-state index contributed by atoms with van der Waals surface area (Å²) in [4.78, 5) is 0. The van der Waals surface area contributed by atoms with Gasteiger partial charge in [0.15, 0.2) is 0 Å². The number of benzene rings is 2. The minimum absolute atomic E-state index is 0.161. The average molecular weight is 278 g/mol. The van der Waals surface area contributed by atoms with Gasteiger partial charge >= 0.3 is 0 Å². The second-order valence-corrected chi connectivity index (χ2v) is 5.18. The van der Waals surface area contributed by atoms with E-state index in [0.717, 1.165) is 16.1 Å². The fourth-order valence-electron chi connectivity index (χ4n) is 1.98. The molecule has 0 aliphatic carbocycles. The average Bonchev–Trinajstić information content (AvgIpc) is 2.40. The van der Waals surface area contributed by atoms with E-state index in [9.17, 15) is 4.39 Å². The molecule has 2 rings (SSSR count). The van der Waals surface area contributed by atoms with Crippen molar-refractivity contribution >= 4 is 11.6 Å². The van der Waals surface area contributed by atoms with Crippen LogP contribution in [-0.4, -0.2) is 0 Å². The lowest BCUT2D eigenvalue weighted by Crippen LogP contribution is -2.18. The summed E-state index contributed by atoms with van der Waals surface area (Å²) in [6, 6.07) is 13.2. The molecule has 100 valence electrons. The summed E-state index contributed by atoms with van der Waals surface area (Å²) in [7, 11) is 0. The van der Waals surface area contributed by atoms with Crippen LogP contribution in [0.2, 0.25) is 5.02 Å². The summed E-state index contributed by atoms with van der Waals surface area (Å²) in [5.74, 6) is -0.161. The molecule has 2 aromatic carbocycles. The monoisotopic (exact) mass is 277 g/mol. The van der Waals surface area contributed by atoms with E-state index in [-0.39, 0.29) is 11.9 Å². The predicted molar refractivity (Wildman–Crippen MR) is 77.8 cm³/mol. The van der Waals surface area contributed by atoms with Crippen LogP contribution < -0.4 is 5.32 Å². The van der Waals surface area contributed by atoms with E-state index in [1.54, 1.807) is 13.0 Å². The van der Waals surface area contributed by atoms with E-state index in [1.165, 1.54) is 6.07 Å². The van der Waals surface area contributed by atoms with Crippen LogP contribution >= 0.6 is 11.6 Å². The van der Waals surface area contributed by atoms with Gasteiger partial charge in [-0.05, 0) is 48.7 Å². The maximum Gasteiger partial charge on any atom is 0.126 e. The van der Waals surface area contributed by atoms with Crippen LogP contribution in [0.5, 0.6) is 0 Å². The van der Waals surface area contributed by atoms with Crippen LogP contribution in [0.25, 0.3) is 0 Å². The number of halogens is 2. The first kappa shape index (κ1) is 14.0. The topological polar surface area (TPSA) is 12.0 Å². The Labute approximate surface area is 118 Å². The zero-order chi connectivity index (χ0) is 13.8. The standard InChI is InChI=1S/C16H17ClFN/c1-11-8-13(6-7-16(11)18)10-19-12(2)14-4-3-5-15(17)9-14/h3-9,12,19H,10H2,1-2H3/t12-/m0/s1. The van der Waals surface area contributed by atoms with E-state index >= 15 is 0 Å². The summed E-state index contributed by atoms with van der Waals surface area (Å²) < 4.78 is 13.2. The lowest BCUT2D eigenvalue weighted by molar-refractivity contribution is 0.572. The SMILES string of the molecule is Cc1cc(CN[C@@H](C)c2cccc(Cl)c2)ccc1F. The van der Waals surface area contributed by atoms with E-state index < -0.39 is 0 Å². The molecule has 0 saturated carbocycles. The van der Waals surface area contributed by atoms with Crippen LogP contribution in [0.15, 0.2) is 42.5 Å². The normalized spacial score (nSPS) is 12.4. The molecule has 1 atom stereocenters. The molecule has 0 spiro atoms. The summed E-state index contributed by atoms with van der Waals surface area (Å²) in [5.41, 5.74) is 2.90. The third-order valence-corrected chi connectivity index (χ3v) is 3.42. The van der Waals surface area contributed by atoms with E-state index in [1.807, 2.05) is 30.3 Å². The van der Waals surface area contributed by atoms with Gasteiger partial charge in [0.2, 0.25) is 0 Å². The molecular weight excluding hydrogens is 261 g/mol. The van der Waals surface area contributed by atoms with Crippen molar-refractivity contribution in [3.8, 4) is 0 Å². The Bertz CT molecular complexity index is 568. The Balaban J connectivity index is 2.00. The number of rotatable bonds is 4. The van der Waals surface area contributed by atoms with Crippen molar-refractivity contribution in [1.29, 1.82) is 0 Å². The highest BCUT2D eigenvalue weighted by Gasteiger charge is 2.06. The van der Waals surface area contributed by atoms with E-state index in [0.29, 0.717) is 12.1 Å². The molecule has 3 heteroatoms. The van der Waals surface area contributed by atoms with Crippen molar-refractivity contribution in [1.82, 2.24) is 5.32 Å². The molecule has 1 N–H and O–H groups in total. The largest absolute Gasteiger partial charge is 0.306 e. The van der Waals surface area contributed by atoms with Crippen molar-refractivity contribution in [3.05, 3.63) is 70.0 Å². The lowest BCUT2D eigenvalue weighted by atomic mass is 10.1. The zero-order valence-corrected chi connectivity index (χ0v) is 11.8. The Morgan fingerprint density at radius 3 is 2.68 bits per heavy atom. The first-order chi connectivity index (χ1) is 9.06. The van der Waals surface area contributed by atoms with Crippen LogP contribution in [0, 0.1) is 12.7 Å². The fraction of sp³-hybridized carbons (Fsp3) is 0.250. The third kappa shape index (κ3) is 3.79. The van der Waals surface area contributed by atoms with Gasteiger partial charge in [-0.25, -0.2) is 4.39 Å². The molecule has 19 heavy (non-hydrogen) atoms. The quantitative estimate of drug-likeness (QED) is 0.858. The predicted octanol–water partition coefficient (Wildman–Crippen LogP) is 4.64. The fourth-order valence-corrected chi connectivity index (χ4v) is 2.18. The Morgan fingerprint density at radius 1 is 1.21 bits per heavy atom. The molecule has 0 aliphatic rings. The molecule has 0 radical (unpaired) electrons. The maximum atomic E-state index is 13.2. The minimum Gasteiger partial charge on any atom is -0.306 e. The van der Waals surface area contributed by atoms with Crippen molar-refractivity contribution in [2.75, 3.05) is 0 Å². The van der Waals surface area contributed by atoms with Gasteiger partial charge < -0.3 is 5.32 Å². The van der Waals surface area contributed by atoms with Gasteiger partial charge in [0, 0.05) is 17.6 Å². The lowest BCUT2D eigenvalue weighted by Gasteiger charge is -2.15. The summed E-state index contributed by atoms with van der Waals surface area (Å²) >= 11 is 5.97. The van der Waals surface area contributed by atoms with Gasteiger partial charge in [0.25, 0.3) is 0 Å². The number of hydrogen-bond donors (Lipinski definition) is 1. The molecule has 2 aromatic rings. The molecule has 0 fully saturated rings. The molecule has 0 bridgehead atoms. The Kier molecular flexibility index (Phi) is 4.56. The van der Waals surface area contributed by atoms with Crippen LogP contribution in [0.4, 0.5) is 4.39 Å². The van der Waals surface area contributed by atoms with Gasteiger partial charge in [-0.2, -0.15) is 0 Å². The van der Waals surface area contributed by atoms with Crippen molar-refractivity contribution in [3.63, 3.8) is 0 Å². The second kappa shape index (κ2) is 6.18. The van der Waals surface area contributed by atoms with E-state index in [2.05, 4.69) is 12.2 Å². The highest BCUT2D eigenvalue weighted by atomic mass is 35.5. The van der Waals surface area contributed by atoms with Crippen LogP contribution in [0.3, 0.4) is 0 Å². The van der Waals surface area contributed by atoms with Crippen LogP contribution in [0.1, 0.15) is 29.7 Å². The summed E-state index contributed by atoms with van der Waals surface area (Å²) in [6.07, 6.45) is 0.